The normalized spacial score (nSPS) is 10.2. The number of benzene rings is 2. The van der Waals surface area contributed by atoms with Crippen molar-refractivity contribution in [2.45, 2.75) is 6.42 Å². The molecule has 2 aromatic rings. The van der Waals surface area contributed by atoms with Crippen molar-refractivity contribution in [2.24, 2.45) is 0 Å². The van der Waals surface area contributed by atoms with Crippen molar-refractivity contribution in [1.29, 1.82) is 0 Å². The van der Waals surface area contributed by atoms with Crippen LogP contribution in [0.4, 0.5) is 10.5 Å². The third kappa shape index (κ3) is 4.55. The first kappa shape index (κ1) is 15.5. The third-order valence-electron chi connectivity index (χ3n) is 2.82. The number of phenols is 1. The second-order valence-corrected chi connectivity index (χ2v) is 5.22. The summed E-state index contributed by atoms with van der Waals surface area (Å²) < 4.78 is 0. The molecular formula is C15H14Cl2N2O2. The standard InChI is InChI=1S/C15H14Cl2N2O2/c16-12-8-11(9-13(17)14(12)20)19-15(21)18-7-6-10-4-2-1-3-5-10/h1-5,8-9,20H,6-7H2,(H2,18,19,21). The Morgan fingerprint density at radius 2 is 1.71 bits per heavy atom. The maximum absolute atomic E-state index is 11.7. The van der Waals surface area contributed by atoms with Crippen LogP contribution >= 0.6 is 23.2 Å². The van der Waals surface area contributed by atoms with Gasteiger partial charge in [-0.05, 0) is 24.1 Å². The van der Waals surface area contributed by atoms with E-state index in [1.165, 1.54) is 12.1 Å². The Labute approximate surface area is 132 Å². The van der Waals surface area contributed by atoms with Gasteiger partial charge in [-0.15, -0.1) is 0 Å². The van der Waals surface area contributed by atoms with Crippen LogP contribution in [0.2, 0.25) is 10.0 Å². The highest BCUT2D eigenvalue weighted by Gasteiger charge is 2.08. The van der Waals surface area contributed by atoms with Gasteiger partial charge >= 0.3 is 6.03 Å². The predicted molar refractivity (Wildman–Crippen MR) is 85.3 cm³/mol. The fraction of sp³-hybridized carbons (Fsp3) is 0.133. The highest BCUT2D eigenvalue weighted by atomic mass is 35.5. The molecule has 0 saturated carbocycles. The summed E-state index contributed by atoms with van der Waals surface area (Å²) >= 11 is 11.6. The van der Waals surface area contributed by atoms with Gasteiger partial charge in [-0.2, -0.15) is 0 Å². The molecule has 0 fully saturated rings. The minimum Gasteiger partial charge on any atom is -0.505 e. The first-order valence-electron chi connectivity index (χ1n) is 6.33. The molecule has 0 unspecified atom stereocenters. The van der Waals surface area contributed by atoms with Crippen LogP contribution in [-0.4, -0.2) is 17.7 Å². The number of phenolic OH excluding ortho intramolecular Hbond substituents is 1. The van der Waals surface area contributed by atoms with Gasteiger partial charge in [0, 0.05) is 12.2 Å². The summed E-state index contributed by atoms with van der Waals surface area (Å²) in [5.74, 6) is -0.201. The van der Waals surface area contributed by atoms with Gasteiger partial charge in [-0.3, -0.25) is 0 Å². The average Bonchev–Trinajstić information content (AvgIpc) is 2.46. The highest BCUT2D eigenvalue weighted by Crippen LogP contribution is 2.34. The molecule has 0 aliphatic heterocycles. The smallest absolute Gasteiger partial charge is 0.319 e. The van der Waals surface area contributed by atoms with Crippen molar-refractivity contribution in [3.8, 4) is 5.75 Å². The van der Waals surface area contributed by atoms with Crippen molar-refractivity contribution in [1.82, 2.24) is 5.32 Å². The van der Waals surface area contributed by atoms with Crippen LogP contribution in [0.1, 0.15) is 5.56 Å². The minimum absolute atomic E-state index is 0.0853. The van der Waals surface area contributed by atoms with Crippen molar-refractivity contribution in [3.05, 3.63) is 58.1 Å². The Kier molecular flexibility index (Phi) is 5.31. The van der Waals surface area contributed by atoms with Crippen LogP contribution < -0.4 is 10.6 Å². The van der Waals surface area contributed by atoms with Gasteiger partial charge in [0.25, 0.3) is 0 Å². The summed E-state index contributed by atoms with van der Waals surface area (Å²) in [5.41, 5.74) is 1.56. The Bertz CT molecular complexity index is 610. The zero-order chi connectivity index (χ0) is 15.2. The molecule has 0 heterocycles. The Hall–Kier alpha value is -1.91. The number of urea groups is 1. The monoisotopic (exact) mass is 324 g/mol. The van der Waals surface area contributed by atoms with E-state index in [-0.39, 0.29) is 21.8 Å². The number of hydrogen-bond acceptors (Lipinski definition) is 2. The number of carbonyl (C=O) groups excluding carboxylic acids is 1. The quantitative estimate of drug-likeness (QED) is 0.742. The topological polar surface area (TPSA) is 61.4 Å². The first-order valence-corrected chi connectivity index (χ1v) is 7.08. The minimum atomic E-state index is -0.358. The van der Waals surface area contributed by atoms with Gasteiger partial charge in [-0.25, -0.2) is 4.79 Å². The molecule has 0 aliphatic rings. The Morgan fingerprint density at radius 3 is 2.33 bits per heavy atom. The number of anilines is 1. The van der Waals surface area contributed by atoms with Crippen molar-refractivity contribution < 1.29 is 9.90 Å². The Balaban J connectivity index is 1.85. The lowest BCUT2D eigenvalue weighted by Gasteiger charge is -2.09. The number of nitrogens with one attached hydrogen (secondary N) is 2. The number of carbonyl (C=O) groups is 1. The maximum Gasteiger partial charge on any atom is 0.319 e. The molecule has 2 aromatic carbocycles. The number of amides is 2. The summed E-state index contributed by atoms with van der Waals surface area (Å²) in [7, 11) is 0. The van der Waals surface area contributed by atoms with Crippen molar-refractivity contribution in [3.63, 3.8) is 0 Å². The SMILES string of the molecule is O=C(NCCc1ccccc1)Nc1cc(Cl)c(O)c(Cl)c1. The van der Waals surface area contributed by atoms with E-state index in [0.29, 0.717) is 12.2 Å². The molecule has 0 atom stereocenters. The van der Waals surface area contributed by atoms with Crippen LogP contribution in [0.3, 0.4) is 0 Å². The van der Waals surface area contributed by atoms with E-state index in [1.54, 1.807) is 0 Å². The second kappa shape index (κ2) is 7.20. The van der Waals surface area contributed by atoms with E-state index < -0.39 is 0 Å². The second-order valence-electron chi connectivity index (χ2n) is 4.40. The predicted octanol–water partition coefficient (Wildman–Crippen LogP) is 4.06. The van der Waals surface area contributed by atoms with Crippen LogP contribution in [0.25, 0.3) is 0 Å². The molecular weight excluding hydrogens is 311 g/mol. The molecule has 6 heteroatoms. The first-order chi connectivity index (χ1) is 10.1. The van der Waals surface area contributed by atoms with Crippen LogP contribution in [0.5, 0.6) is 5.75 Å². The fourth-order valence-electron chi connectivity index (χ4n) is 1.78. The van der Waals surface area contributed by atoms with Gasteiger partial charge in [0.2, 0.25) is 0 Å². The molecule has 0 saturated heterocycles. The number of hydrogen-bond donors (Lipinski definition) is 3. The van der Waals surface area contributed by atoms with Crippen LogP contribution in [-0.2, 0) is 6.42 Å². The molecule has 0 aliphatic carbocycles. The molecule has 110 valence electrons. The number of halogens is 2. The molecule has 4 nitrogen and oxygen atoms in total. The van der Waals surface area contributed by atoms with Gasteiger partial charge in [0.05, 0.1) is 10.0 Å². The van der Waals surface area contributed by atoms with Crippen molar-refractivity contribution in [2.75, 3.05) is 11.9 Å². The average molecular weight is 325 g/mol. The van der Waals surface area contributed by atoms with Crippen LogP contribution in [0.15, 0.2) is 42.5 Å². The summed E-state index contributed by atoms with van der Waals surface area (Å²) in [5, 5.41) is 15.0. The molecule has 0 radical (unpaired) electrons. The van der Waals surface area contributed by atoms with E-state index in [1.807, 2.05) is 30.3 Å². The van der Waals surface area contributed by atoms with Gasteiger partial charge < -0.3 is 15.7 Å². The van der Waals surface area contributed by atoms with Gasteiger partial charge in [0.15, 0.2) is 5.75 Å². The molecule has 0 aromatic heterocycles. The number of aromatic hydroxyl groups is 1. The molecule has 2 rings (SSSR count). The lowest BCUT2D eigenvalue weighted by atomic mass is 10.1. The zero-order valence-electron chi connectivity index (χ0n) is 11.1. The zero-order valence-corrected chi connectivity index (χ0v) is 12.6. The van der Waals surface area contributed by atoms with Crippen molar-refractivity contribution >= 4 is 34.9 Å². The maximum atomic E-state index is 11.7. The Morgan fingerprint density at radius 1 is 1.10 bits per heavy atom. The molecule has 0 bridgehead atoms. The van der Waals surface area contributed by atoms with E-state index >= 15 is 0 Å². The number of rotatable bonds is 4. The summed E-state index contributed by atoms with van der Waals surface area (Å²) in [6.07, 6.45) is 0.741. The molecule has 21 heavy (non-hydrogen) atoms. The van der Waals surface area contributed by atoms with Gasteiger partial charge in [-0.1, -0.05) is 53.5 Å². The van der Waals surface area contributed by atoms with Crippen LogP contribution in [0, 0.1) is 0 Å². The largest absolute Gasteiger partial charge is 0.505 e. The fourth-order valence-corrected chi connectivity index (χ4v) is 2.27. The van der Waals surface area contributed by atoms with E-state index in [0.717, 1.165) is 12.0 Å². The lowest BCUT2D eigenvalue weighted by Crippen LogP contribution is -2.30. The summed E-state index contributed by atoms with van der Waals surface area (Å²) in [4.78, 5) is 11.7. The van der Waals surface area contributed by atoms with Gasteiger partial charge in [0.1, 0.15) is 0 Å². The molecule has 0 spiro atoms. The van der Waals surface area contributed by atoms with E-state index in [9.17, 15) is 9.90 Å². The lowest BCUT2D eigenvalue weighted by molar-refractivity contribution is 0.252. The summed E-state index contributed by atoms with van der Waals surface area (Å²) in [6, 6.07) is 12.4. The highest BCUT2D eigenvalue weighted by molar-refractivity contribution is 6.37. The third-order valence-corrected chi connectivity index (χ3v) is 3.39. The summed E-state index contributed by atoms with van der Waals surface area (Å²) in [6.45, 7) is 0.509. The molecule has 2 amide bonds. The van der Waals surface area contributed by atoms with E-state index in [2.05, 4.69) is 10.6 Å². The van der Waals surface area contributed by atoms with E-state index in [4.69, 9.17) is 23.2 Å². The molecule has 3 N–H and O–H groups in total.